The van der Waals surface area contributed by atoms with E-state index in [1.165, 1.54) is 0 Å². The van der Waals surface area contributed by atoms with Crippen LogP contribution in [0.25, 0.3) is 0 Å². The van der Waals surface area contributed by atoms with Crippen LogP contribution in [0.1, 0.15) is 18.9 Å². The zero-order valence-corrected chi connectivity index (χ0v) is 9.01. The molecule has 1 amide bonds. The van der Waals surface area contributed by atoms with Crippen molar-refractivity contribution < 1.29 is 14.7 Å². The number of oxime groups is 1. The Morgan fingerprint density at radius 2 is 2.06 bits per heavy atom. The number of carbonyl (C=O) groups excluding carboxylic acids is 1. The first kappa shape index (κ1) is 12.0. The summed E-state index contributed by atoms with van der Waals surface area (Å²) >= 11 is 0. The maximum Gasteiger partial charge on any atom is 0.255 e. The average Bonchev–Trinajstić information content (AvgIpc) is 2.29. The fraction of sp³-hybridized carbons (Fsp3) is 0.273. The molecule has 0 heterocycles. The Kier molecular flexibility index (Phi) is 4.32. The molecule has 0 aliphatic carbocycles. The molecule has 0 aliphatic rings. The molecule has 0 radical (unpaired) electrons. The van der Waals surface area contributed by atoms with Crippen molar-refractivity contribution in [3.8, 4) is 5.75 Å². The first-order valence-corrected chi connectivity index (χ1v) is 4.89. The van der Waals surface area contributed by atoms with E-state index in [1.807, 2.05) is 6.92 Å². The van der Waals surface area contributed by atoms with Gasteiger partial charge in [-0.2, -0.15) is 0 Å². The number of amides is 1. The molecule has 0 aliphatic heterocycles. The van der Waals surface area contributed by atoms with Gasteiger partial charge in [0.25, 0.3) is 5.91 Å². The molecule has 0 atom stereocenters. The van der Waals surface area contributed by atoms with E-state index >= 15 is 0 Å². The predicted molar refractivity (Wildman–Crippen MR) is 59.7 cm³/mol. The number of nitrogens with zero attached hydrogens (tertiary/aromatic N) is 1. The lowest BCUT2D eigenvalue weighted by Gasteiger charge is -2.05. The number of ether oxygens (including phenoxy) is 1. The number of primary amides is 1. The molecule has 0 spiro atoms. The Morgan fingerprint density at radius 3 is 2.50 bits per heavy atom. The Morgan fingerprint density at radius 1 is 1.44 bits per heavy atom. The molecule has 0 aromatic heterocycles. The second kappa shape index (κ2) is 5.75. The lowest BCUT2D eigenvalue weighted by Crippen LogP contribution is -2.20. The summed E-state index contributed by atoms with van der Waals surface area (Å²) in [5, 5.41) is 11.9. The zero-order chi connectivity index (χ0) is 12.0. The summed E-state index contributed by atoms with van der Waals surface area (Å²) < 4.78 is 5.09. The Bertz CT molecular complexity index is 385. The summed E-state index contributed by atoms with van der Waals surface area (Å²) in [5.74, 6) is 0.0335. The Hall–Kier alpha value is -2.04. The Labute approximate surface area is 93.5 Å². The molecule has 0 saturated heterocycles. The summed E-state index contributed by atoms with van der Waals surface area (Å²) in [6, 6.07) is 6.90. The van der Waals surface area contributed by atoms with Crippen molar-refractivity contribution in [1.82, 2.24) is 0 Å². The minimum absolute atomic E-state index is 0.145. The second-order valence-electron chi connectivity index (χ2n) is 3.18. The molecule has 0 bridgehead atoms. The monoisotopic (exact) mass is 222 g/mol. The van der Waals surface area contributed by atoms with Crippen molar-refractivity contribution in [1.29, 1.82) is 0 Å². The number of nitrogens with two attached hydrogens (primary N) is 1. The van der Waals surface area contributed by atoms with Crippen molar-refractivity contribution in [2.24, 2.45) is 10.9 Å². The molecular formula is C11H14N2O3. The largest absolute Gasteiger partial charge is 0.484 e. The summed E-state index contributed by atoms with van der Waals surface area (Å²) in [6.45, 7) is 1.75. The molecule has 0 fully saturated rings. The SMILES string of the molecule is CC/C(=N\O)c1ccc(OCC(N)=O)cc1. The van der Waals surface area contributed by atoms with Gasteiger partial charge in [-0.1, -0.05) is 12.1 Å². The summed E-state index contributed by atoms with van der Waals surface area (Å²) in [6.07, 6.45) is 0.637. The lowest BCUT2D eigenvalue weighted by atomic mass is 10.1. The van der Waals surface area contributed by atoms with Gasteiger partial charge in [0.05, 0.1) is 5.71 Å². The third-order valence-electron chi connectivity index (χ3n) is 2.02. The highest BCUT2D eigenvalue weighted by atomic mass is 16.5. The molecule has 1 aromatic carbocycles. The third kappa shape index (κ3) is 3.27. The molecule has 16 heavy (non-hydrogen) atoms. The van der Waals surface area contributed by atoms with Gasteiger partial charge in [-0.05, 0) is 36.2 Å². The smallest absolute Gasteiger partial charge is 0.255 e. The van der Waals surface area contributed by atoms with Crippen molar-refractivity contribution >= 4 is 11.6 Å². The molecular weight excluding hydrogens is 208 g/mol. The van der Waals surface area contributed by atoms with Gasteiger partial charge in [-0.15, -0.1) is 0 Å². The predicted octanol–water partition coefficient (Wildman–Crippen LogP) is 1.14. The number of rotatable bonds is 5. The zero-order valence-electron chi connectivity index (χ0n) is 9.01. The second-order valence-corrected chi connectivity index (χ2v) is 3.18. The fourth-order valence-corrected chi connectivity index (χ4v) is 1.23. The van der Waals surface area contributed by atoms with Crippen molar-refractivity contribution in [2.75, 3.05) is 6.61 Å². The first-order valence-electron chi connectivity index (χ1n) is 4.89. The van der Waals surface area contributed by atoms with Crippen LogP contribution >= 0.6 is 0 Å². The van der Waals surface area contributed by atoms with Gasteiger partial charge in [0.1, 0.15) is 5.75 Å². The average molecular weight is 222 g/mol. The number of benzene rings is 1. The summed E-state index contributed by atoms with van der Waals surface area (Å²) in [7, 11) is 0. The van der Waals surface area contributed by atoms with Gasteiger partial charge in [0, 0.05) is 0 Å². The van der Waals surface area contributed by atoms with Crippen LogP contribution in [0.4, 0.5) is 0 Å². The highest BCUT2D eigenvalue weighted by Crippen LogP contribution is 2.13. The van der Waals surface area contributed by atoms with Crippen LogP contribution in [0.5, 0.6) is 5.75 Å². The first-order chi connectivity index (χ1) is 7.67. The number of hydrogen-bond acceptors (Lipinski definition) is 4. The van der Waals surface area contributed by atoms with Crippen LogP contribution < -0.4 is 10.5 Å². The minimum atomic E-state index is -0.518. The van der Waals surface area contributed by atoms with Crippen LogP contribution in [0.3, 0.4) is 0 Å². The van der Waals surface area contributed by atoms with Crippen molar-refractivity contribution in [2.45, 2.75) is 13.3 Å². The van der Waals surface area contributed by atoms with Crippen LogP contribution in [-0.4, -0.2) is 23.4 Å². The van der Waals surface area contributed by atoms with E-state index in [9.17, 15) is 4.79 Å². The quantitative estimate of drug-likeness (QED) is 0.445. The normalized spacial score (nSPS) is 11.2. The molecule has 3 N–H and O–H groups in total. The highest BCUT2D eigenvalue weighted by Gasteiger charge is 2.02. The topological polar surface area (TPSA) is 84.9 Å². The van der Waals surface area contributed by atoms with Gasteiger partial charge in [-0.25, -0.2) is 0 Å². The molecule has 0 saturated carbocycles. The van der Waals surface area contributed by atoms with Crippen LogP contribution in [0.15, 0.2) is 29.4 Å². The molecule has 5 heteroatoms. The number of carbonyl (C=O) groups is 1. The van der Waals surface area contributed by atoms with E-state index in [4.69, 9.17) is 15.7 Å². The van der Waals surface area contributed by atoms with Crippen LogP contribution in [0.2, 0.25) is 0 Å². The summed E-state index contributed by atoms with van der Waals surface area (Å²) in [4.78, 5) is 10.5. The van der Waals surface area contributed by atoms with Crippen LogP contribution in [0, 0.1) is 0 Å². The highest BCUT2D eigenvalue weighted by molar-refractivity contribution is 6.00. The minimum Gasteiger partial charge on any atom is -0.484 e. The maximum atomic E-state index is 10.5. The van der Waals surface area contributed by atoms with E-state index in [2.05, 4.69) is 5.16 Å². The number of hydrogen-bond donors (Lipinski definition) is 2. The molecule has 5 nitrogen and oxygen atoms in total. The van der Waals surface area contributed by atoms with E-state index in [0.717, 1.165) is 5.56 Å². The summed E-state index contributed by atoms with van der Waals surface area (Å²) in [5.41, 5.74) is 6.36. The maximum absolute atomic E-state index is 10.5. The van der Waals surface area contributed by atoms with Crippen molar-refractivity contribution in [3.05, 3.63) is 29.8 Å². The Balaban J connectivity index is 2.71. The lowest BCUT2D eigenvalue weighted by molar-refractivity contribution is -0.119. The van der Waals surface area contributed by atoms with Crippen molar-refractivity contribution in [3.63, 3.8) is 0 Å². The fourth-order valence-electron chi connectivity index (χ4n) is 1.23. The molecule has 0 unspecified atom stereocenters. The standard InChI is InChI=1S/C11H14N2O3/c1-2-10(13-15)8-3-5-9(6-4-8)16-7-11(12)14/h3-6,15H,2,7H2,1H3,(H2,12,14)/b13-10+. The van der Waals surface area contributed by atoms with Gasteiger partial charge < -0.3 is 15.7 Å². The van der Waals surface area contributed by atoms with Gasteiger partial charge in [-0.3, -0.25) is 4.79 Å². The van der Waals surface area contributed by atoms with Crippen LogP contribution in [-0.2, 0) is 4.79 Å². The molecule has 1 rings (SSSR count). The molecule has 1 aromatic rings. The van der Waals surface area contributed by atoms with E-state index < -0.39 is 5.91 Å². The molecule has 86 valence electrons. The third-order valence-corrected chi connectivity index (χ3v) is 2.02. The van der Waals surface area contributed by atoms with Gasteiger partial charge in [0.2, 0.25) is 0 Å². The van der Waals surface area contributed by atoms with E-state index in [1.54, 1.807) is 24.3 Å². The van der Waals surface area contributed by atoms with E-state index in [0.29, 0.717) is 17.9 Å². The van der Waals surface area contributed by atoms with E-state index in [-0.39, 0.29) is 6.61 Å². The van der Waals surface area contributed by atoms with Gasteiger partial charge >= 0.3 is 0 Å². The van der Waals surface area contributed by atoms with Gasteiger partial charge in [0.15, 0.2) is 6.61 Å².